The van der Waals surface area contributed by atoms with Crippen LogP contribution in [-0.2, 0) is 6.42 Å². The number of aromatic amines is 1. The standard InChI is InChI=1S/C10H12N2O2/c1-7-2-3-9(14-7)8-6-11-10(12-8)4-5-13/h2-3,6,13H,4-5H2,1H3,(H,11,12). The smallest absolute Gasteiger partial charge is 0.152 e. The number of aromatic nitrogens is 2. The molecule has 4 nitrogen and oxygen atoms in total. The largest absolute Gasteiger partial charge is 0.460 e. The fourth-order valence-electron chi connectivity index (χ4n) is 1.30. The van der Waals surface area contributed by atoms with Gasteiger partial charge in [0.1, 0.15) is 17.3 Å². The molecule has 0 saturated heterocycles. The molecule has 0 fully saturated rings. The van der Waals surface area contributed by atoms with E-state index in [1.807, 2.05) is 19.1 Å². The van der Waals surface area contributed by atoms with Gasteiger partial charge in [0.2, 0.25) is 0 Å². The Labute approximate surface area is 81.6 Å². The Hall–Kier alpha value is -1.55. The van der Waals surface area contributed by atoms with E-state index >= 15 is 0 Å². The molecule has 0 radical (unpaired) electrons. The van der Waals surface area contributed by atoms with Crippen LogP contribution in [0.4, 0.5) is 0 Å². The van der Waals surface area contributed by atoms with E-state index in [1.54, 1.807) is 6.20 Å². The Bertz CT molecular complexity index is 417. The van der Waals surface area contributed by atoms with Crippen LogP contribution in [0.15, 0.2) is 22.7 Å². The van der Waals surface area contributed by atoms with Crippen molar-refractivity contribution < 1.29 is 9.52 Å². The van der Waals surface area contributed by atoms with Gasteiger partial charge in [0.25, 0.3) is 0 Å². The fourth-order valence-corrected chi connectivity index (χ4v) is 1.30. The number of nitrogens with one attached hydrogen (secondary N) is 1. The molecular formula is C10H12N2O2. The fraction of sp³-hybridized carbons (Fsp3) is 0.300. The summed E-state index contributed by atoms with van der Waals surface area (Å²) >= 11 is 0. The lowest BCUT2D eigenvalue weighted by Crippen LogP contribution is -1.92. The maximum Gasteiger partial charge on any atom is 0.152 e. The Morgan fingerprint density at radius 3 is 3.00 bits per heavy atom. The van der Waals surface area contributed by atoms with Gasteiger partial charge in [-0.1, -0.05) is 0 Å². The van der Waals surface area contributed by atoms with Crippen LogP contribution in [0.25, 0.3) is 11.5 Å². The first-order valence-corrected chi connectivity index (χ1v) is 4.51. The molecule has 2 N–H and O–H groups in total. The summed E-state index contributed by atoms with van der Waals surface area (Å²) in [5.74, 6) is 2.43. The van der Waals surface area contributed by atoms with Gasteiger partial charge in [0.15, 0.2) is 5.76 Å². The first-order chi connectivity index (χ1) is 6.79. The zero-order chi connectivity index (χ0) is 9.97. The lowest BCUT2D eigenvalue weighted by molar-refractivity contribution is 0.297. The lowest BCUT2D eigenvalue weighted by atomic mass is 10.3. The van der Waals surface area contributed by atoms with Gasteiger partial charge in [-0.2, -0.15) is 0 Å². The maximum absolute atomic E-state index is 8.72. The summed E-state index contributed by atoms with van der Waals surface area (Å²) in [5.41, 5.74) is 0.849. The van der Waals surface area contributed by atoms with Gasteiger partial charge in [-0.05, 0) is 19.1 Å². The van der Waals surface area contributed by atoms with Gasteiger partial charge >= 0.3 is 0 Å². The number of aliphatic hydroxyl groups excluding tert-OH is 1. The van der Waals surface area contributed by atoms with Crippen molar-refractivity contribution in [2.75, 3.05) is 6.61 Å². The highest BCUT2D eigenvalue weighted by Gasteiger charge is 2.05. The normalized spacial score (nSPS) is 10.7. The molecule has 74 valence electrons. The molecule has 0 spiro atoms. The number of rotatable bonds is 3. The van der Waals surface area contributed by atoms with Crippen LogP contribution in [0.5, 0.6) is 0 Å². The predicted molar refractivity (Wildman–Crippen MR) is 51.8 cm³/mol. The number of nitrogens with zero attached hydrogens (tertiary/aromatic N) is 1. The average Bonchev–Trinajstić information content (AvgIpc) is 2.74. The lowest BCUT2D eigenvalue weighted by Gasteiger charge is -1.91. The van der Waals surface area contributed by atoms with Crippen LogP contribution < -0.4 is 0 Å². The summed E-state index contributed by atoms with van der Waals surface area (Å²) in [6.07, 6.45) is 2.25. The van der Waals surface area contributed by atoms with Crippen molar-refractivity contribution in [3.05, 3.63) is 29.9 Å². The van der Waals surface area contributed by atoms with Gasteiger partial charge in [-0.3, -0.25) is 0 Å². The zero-order valence-electron chi connectivity index (χ0n) is 7.95. The molecule has 2 rings (SSSR count). The topological polar surface area (TPSA) is 62.1 Å². The van der Waals surface area contributed by atoms with Crippen molar-refractivity contribution in [2.45, 2.75) is 13.3 Å². The van der Waals surface area contributed by atoms with Crippen LogP contribution in [0.1, 0.15) is 11.6 Å². The third kappa shape index (κ3) is 1.70. The van der Waals surface area contributed by atoms with Gasteiger partial charge in [-0.25, -0.2) is 4.98 Å². The maximum atomic E-state index is 8.72. The first kappa shape index (κ1) is 9.02. The second-order valence-corrected chi connectivity index (χ2v) is 3.13. The number of furan rings is 1. The van der Waals surface area contributed by atoms with E-state index in [4.69, 9.17) is 9.52 Å². The van der Waals surface area contributed by atoms with E-state index in [0.29, 0.717) is 6.42 Å². The zero-order valence-corrected chi connectivity index (χ0v) is 7.95. The number of aryl methyl sites for hydroxylation is 1. The summed E-state index contributed by atoms with van der Waals surface area (Å²) in [7, 11) is 0. The SMILES string of the molecule is Cc1ccc(-c2cnc(CCO)[nH]2)o1. The number of aliphatic hydroxyl groups is 1. The minimum Gasteiger partial charge on any atom is -0.460 e. The third-order valence-electron chi connectivity index (χ3n) is 1.98. The molecule has 0 aromatic carbocycles. The van der Waals surface area contributed by atoms with Crippen molar-refractivity contribution in [3.63, 3.8) is 0 Å². The Morgan fingerprint density at radius 1 is 1.50 bits per heavy atom. The Morgan fingerprint density at radius 2 is 2.36 bits per heavy atom. The third-order valence-corrected chi connectivity index (χ3v) is 1.98. The van der Waals surface area contributed by atoms with Gasteiger partial charge in [0.05, 0.1) is 12.8 Å². The summed E-state index contributed by atoms with van der Waals surface area (Å²) in [4.78, 5) is 7.19. The second kappa shape index (κ2) is 3.67. The molecule has 0 amide bonds. The van der Waals surface area contributed by atoms with E-state index in [1.165, 1.54) is 0 Å². The van der Waals surface area contributed by atoms with E-state index < -0.39 is 0 Å². The highest BCUT2D eigenvalue weighted by molar-refractivity contribution is 5.51. The van der Waals surface area contributed by atoms with Crippen molar-refractivity contribution >= 4 is 0 Å². The molecule has 4 heteroatoms. The number of hydrogen-bond acceptors (Lipinski definition) is 3. The number of hydrogen-bond donors (Lipinski definition) is 2. The first-order valence-electron chi connectivity index (χ1n) is 4.51. The minimum atomic E-state index is 0.101. The van der Waals surface area contributed by atoms with Crippen molar-refractivity contribution in [1.82, 2.24) is 9.97 Å². The summed E-state index contributed by atoms with van der Waals surface area (Å²) in [6, 6.07) is 3.80. The minimum absolute atomic E-state index is 0.101. The van der Waals surface area contributed by atoms with E-state index in [2.05, 4.69) is 9.97 Å². The molecular weight excluding hydrogens is 180 g/mol. The van der Waals surface area contributed by atoms with Gasteiger partial charge in [-0.15, -0.1) is 0 Å². The summed E-state index contributed by atoms with van der Waals surface area (Å²) in [5, 5.41) is 8.72. The molecule has 0 saturated carbocycles. The van der Waals surface area contributed by atoms with Crippen LogP contribution in [0, 0.1) is 6.92 Å². The molecule has 0 atom stereocenters. The molecule has 2 heterocycles. The molecule has 0 aliphatic heterocycles. The van der Waals surface area contributed by atoms with Gasteiger partial charge in [0, 0.05) is 6.42 Å². The monoisotopic (exact) mass is 192 g/mol. The van der Waals surface area contributed by atoms with Crippen molar-refractivity contribution in [1.29, 1.82) is 0 Å². The van der Waals surface area contributed by atoms with E-state index in [-0.39, 0.29) is 6.61 Å². The van der Waals surface area contributed by atoms with Crippen LogP contribution in [0.2, 0.25) is 0 Å². The van der Waals surface area contributed by atoms with Crippen molar-refractivity contribution in [2.24, 2.45) is 0 Å². The molecule has 0 unspecified atom stereocenters. The molecule has 0 aliphatic carbocycles. The summed E-state index contributed by atoms with van der Waals surface area (Å²) in [6.45, 7) is 2.00. The molecule has 14 heavy (non-hydrogen) atoms. The van der Waals surface area contributed by atoms with Crippen LogP contribution in [-0.4, -0.2) is 21.7 Å². The molecule has 0 aliphatic rings. The van der Waals surface area contributed by atoms with Crippen molar-refractivity contribution in [3.8, 4) is 11.5 Å². The van der Waals surface area contributed by atoms with E-state index in [9.17, 15) is 0 Å². The van der Waals surface area contributed by atoms with Crippen LogP contribution in [0.3, 0.4) is 0 Å². The van der Waals surface area contributed by atoms with E-state index in [0.717, 1.165) is 23.0 Å². The Kier molecular flexibility index (Phi) is 2.37. The molecule has 0 bridgehead atoms. The second-order valence-electron chi connectivity index (χ2n) is 3.13. The van der Waals surface area contributed by atoms with Crippen LogP contribution >= 0.6 is 0 Å². The molecule has 2 aromatic rings. The highest BCUT2D eigenvalue weighted by atomic mass is 16.3. The molecule has 2 aromatic heterocycles. The Balaban J connectivity index is 2.24. The predicted octanol–water partition coefficient (Wildman–Crippen LogP) is 1.51. The quantitative estimate of drug-likeness (QED) is 0.774. The number of H-pyrrole nitrogens is 1. The summed E-state index contributed by atoms with van der Waals surface area (Å²) < 4.78 is 5.43. The number of imidazole rings is 1. The average molecular weight is 192 g/mol. The highest BCUT2D eigenvalue weighted by Crippen LogP contribution is 2.19. The van der Waals surface area contributed by atoms with Gasteiger partial charge < -0.3 is 14.5 Å².